The molecule has 2 aromatic rings. The predicted octanol–water partition coefficient (Wildman–Crippen LogP) is 3.22. The highest BCUT2D eigenvalue weighted by Crippen LogP contribution is 2.59. The number of likely N-dealkylation sites (tertiary alicyclic amines) is 1. The molecule has 174 valence electrons. The molecule has 0 aliphatic carbocycles. The van der Waals surface area contributed by atoms with Crippen LogP contribution in [-0.4, -0.2) is 63.7 Å². The van der Waals surface area contributed by atoms with Crippen molar-refractivity contribution < 1.29 is 33.3 Å². The van der Waals surface area contributed by atoms with Crippen LogP contribution in [0, 0.1) is 6.92 Å². The second-order valence-electron chi connectivity index (χ2n) is 8.03. The number of benzene rings is 2. The lowest BCUT2D eigenvalue weighted by atomic mass is 9.71. The average molecular weight is 454 g/mol. The number of methoxy groups -OCH3 is 4. The molecule has 0 N–H and O–H groups in total. The first kappa shape index (κ1) is 22.4. The minimum atomic E-state index is -1.00. The van der Waals surface area contributed by atoms with Crippen molar-refractivity contribution in [2.75, 3.05) is 33.3 Å². The van der Waals surface area contributed by atoms with Gasteiger partial charge in [0, 0.05) is 5.56 Å². The zero-order valence-electron chi connectivity index (χ0n) is 19.2. The standard InChI is InChI=1S/C24H26N2O7/c1-14-10-11-19(30-2)16(12-14)24-13-18(20(27)31-3)26(23(29)33-5)21(24)25(22(28)32-4)17-9-7-6-8-15(17)24/h6-12,18,21H,13H2,1-5H3/t18-,21-,24-/m0/s1. The molecule has 2 amide bonds. The summed E-state index contributed by atoms with van der Waals surface area (Å²) in [6.07, 6.45) is -2.22. The van der Waals surface area contributed by atoms with Crippen molar-refractivity contribution in [2.24, 2.45) is 0 Å². The summed E-state index contributed by atoms with van der Waals surface area (Å²) < 4.78 is 20.9. The Balaban J connectivity index is 2.10. The Kier molecular flexibility index (Phi) is 5.65. The van der Waals surface area contributed by atoms with Crippen LogP contribution < -0.4 is 9.64 Å². The maximum atomic E-state index is 13.1. The second kappa shape index (κ2) is 8.31. The Labute approximate surface area is 191 Å². The molecule has 0 unspecified atom stereocenters. The van der Waals surface area contributed by atoms with Gasteiger partial charge in [0.2, 0.25) is 0 Å². The highest BCUT2D eigenvalue weighted by atomic mass is 16.6. The quantitative estimate of drug-likeness (QED) is 0.519. The Morgan fingerprint density at radius 1 is 0.909 bits per heavy atom. The van der Waals surface area contributed by atoms with Gasteiger partial charge in [0.05, 0.1) is 39.5 Å². The largest absolute Gasteiger partial charge is 0.496 e. The molecule has 2 aliphatic heterocycles. The van der Waals surface area contributed by atoms with Crippen LogP contribution in [0.15, 0.2) is 42.5 Å². The lowest BCUT2D eigenvalue weighted by Gasteiger charge is -2.37. The van der Waals surface area contributed by atoms with E-state index in [0.717, 1.165) is 16.7 Å². The summed E-state index contributed by atoms with van der Waals surface area (Å²) in [5, 5.41) is 0. The van der Waals surface area contributed by atoms with Gasteiger partial charge in [0.15, 0.2) is 0 Å². The zero-order chi connectivity index (χ0) is 23.9. The molecule has 1 saturated heterocycles. The molecule has 0 aromatic heterocycles. The third-order valence-corrected chi connectivity index (χ3v) is 6.51. The molecule has 2 aromatic carbocycles. The number of fused-ring (bicyclic) bond motifs is 3. The summed E-state index contributed by atoms with van der Waals surface area (Å²) in [6.45, 7) is 1.94. The summed E-state index contributed by atoms with van der Waals surface area (Å²) in [5.41, 5.74) is 2.04. The van der Waals surface area contributed by atoms with E-state index in [1.807, 2.05) is 37.3 Å². The molecule has 0 bridgehead atoms. The number of hydrogen-bond donors (Lipinski definition) is 0. The molecule has 0 radical (unpaired) electrons. The van der Waals surface area contributed by atoms with Crippen LogP contribution in [0.5, 0.6) is 5.75 Å². The van der Waals surface area contributed by atoms with Gasteiger partial charge in [-0.05, 0) is 31.0 Å². The van der Waals surface area contributed by atoms with Crippen LogP contribution in [0.1, 0.15) is 23.1 Å². The topological polar surface area (TPSA) is 94.6 Å². The number of esters is 1. The minimum Gasteiger partial charge on any atom is -0.496 e. The van der Waals surface area contributed by atoms with Crippen LogP contribution in [-0.2, 0) is 24.4 Å². The maximum absolute atomic E-state index is 13.1. The van der Waals surface area contributed by atoms with Gasteiger partial charge in [-0.25, -0.2) is 14.4 Å². The number of carbonyl (C=O) groups is 3. The fourth-order valence-corrected chi connectivity index (χ4v) is 5.23. The lowest BCUT2D eigenvalue weighted by Crippen LogP contribution is -2.56. The fraction of sp³-hybridized carbons (Fsp3) is 0.375. The van der Waals surface area contributed by atoms with E-state index in [2.05, 4.69) is 0 Å². The van der Waals surface area contributed by atoms with Crippen LogP contribution in [0.3, 0.4) is 0 Å². The summed E-state index contributed by atoms with van der Waals surface area (Å²) in [7, 11) is 5.32. The fourth-order valence-electron chi connectivity index (χ4n) is 5.23. The molecule has 1 fully saturated rings. The van der Waals surface area contributed by atoms with E-state index in [1.54, 1.807) is 19.2 Å². The van der Waals surface area contributed by atoms with Crippen molar-refractivity contribution >= 4 is 23.8 Å². The molecular weight excluding hydrogens is 428 g/mol. The van der Waals surface area contributed by atoms with Crippen molar-refractivity contribution in [3.05, 3.63) is 59.2 Å². The van der Waals surface area contributed by atoms with Crippen molar-refractivity contribution in [1.29, 1.82) is 0 Å². The van der Waals surface area contributed by atoms with Crippen molar-refractivity contribution in [1.82, 2.24) is 4.90 Å². The first-order valence-electron chi connectivity index (χ1n) is 10.4. The van der Waals surface area contributed by atoms with E-state index in [0.29, 0.717) is 11.4 Å². The Hall–Kier alpha value is -3.75. The van der Waals surface area contributed by atoms with Gasteiger partial charge in [-0.1, -0.05) is 35.9 Å². The monoisotopic (exact) mass is 454 g/mol. The van der Waals surface area contributed by atoms with E-state index < -0.39 is 35.8 Å². The maximum Gasteiger partial charge on any atom is 0.415 e. The third kappa shape index (κ3) is 3.10. The number of anilines is 1. The van der Waals surface area contributed by atoms with Gasteiger partial charge < -0.3 is 18.9 Å². The summed E-state index contributed by atoms with van der Waals surface area (Å²) in [4.78, 5) is 41.7. The number of ether oxygens (including phenoxy) is 4. The molecule has 9 heteroatoms. The summed E-state index contributed by atoms with van der Waals surface area (Å²) >= 11 is 0. The first-order valence-corrected chi connectivity index (χ1v) is 10.4. The molecule has 3 atom stereocenters. The Morgan fingerprint density at radius 2 is 1.61 bits per heavy atom. The van der Waals surface area contributed by atoms with Gasteiger partial charge in [-0.3, -0.25) is 9.80 Å². The molecule has 0 spiro atoms. The number of hydrogen-bond acceptors (Lipinski definition) is 7. The number of rotatable bonds is 3. The first-order chi connectivity index (χ1) is 15.8. The van der Waals surface area contributed by atoms with Crippen molar-refractivity contribution in [3.63, 3.8) is 0 Å². The average Bonchev–Trinajstić information content (AvgIpc) is 3.33. The van der Waals surface area contributed by atoms with Crippen LogP contribution in [0.2, 0.25) is 0 Å². The van der Waals surface area contributed by atoms with Gasteiger partial charge in [-0.2, -0.15) is 0 Å². The number of nitrogens with zero attached hydrogens (tertiary/aromatic N) is 2. The molecular formula is C24H26N2O7. The van der Waals surface area contributed by atoms with Crippen molar-refractivity contribution in [3.8, 4) is 5.75 Å². The van der Waals surface area contributed by atoms with E-state index in [4.69, 9.17) is 18.9 Å². The van der Waals surface area contributed by atoms with Crippen molar-refractivity contribution in [2.45, 2.75) is 31.0 Å². The van der Waals surface area contributed by atoms with E-state index in [1.165, 1.54) is 31.1 Å². The Bertz CT molecular complexity index is 1120. The molecule has 2 aliphatic rings. The SMILES string of the molecule is COC(=O)[C@@H]1C[C@@]2(c3cc(C)ccc3OC)c3ccccc3N(C(=O)OC)[C@H]2N1C(=O)OC. The van der Waals surface area contributed by atoms with Gasteiger partial charge in [0.25, 0.3) is 0 Å². The second-order valence-corrected chi connectivity index (χ2v) is 8.03. The summed E-state index contributed by atoms with van der Waals surface area (Å²) in [5.74, 6) is -0.0365. The normalized spacial score (nSPS) is 22.9. The highest BCUT2D eigenvalue weighted by molar-refractivity contribution is 5.96. The van der Waals surface area contributed by atoms with Gasteiger partial charge in [0.1, 0.15) is 18.0 Å². The zero-order valence-corrected chi connectivity index (χ0v) is 19.2. The minimum absolute atomic E-state index is 0.157. The molecule has 2 heterocycles. The van der Waals surface area contributed by atoms with Crippen LogP contribution in [0.25, 0.3) is 0 Å². The van der Waals surface area contributed by atoms with E-state index in [9.17, 15) is 14.4 Å². The molecule has 4 rings (SSSR count). The van der Waals surface area contributed by atoms with Crippen LogP contribution in [0.4, 0.5) is 15.3 Å². The molecule has 0 saturated carbocycles. The molecule has 9 nitrogen and oxygen atoms in total. The number of aryl methyl sites for hydroxylation is 1. The third-order valence-electron chi connectivity index (χ3n) is 6.51. The summed E-state index contributed by atoms with van der Waals surface area (Å²) in [6, 6.07) is 12.0. The predicted molar refractivity (Wildman–Crippen MR) is 118 cm³/mol. The molecule has 33 heavy (non-hydrogen) atoms. The smallest absolute Gasteiger partial charge is 0.415 e. The number of amides is 2. The van der Waals surface area contributed by atoms with E-state index >= 15 is 0 Å². The van der Waals surface area contributed by atoms with Gasteiger partial charge in [-0.15, -0.1) is 0 Å². The highest BCUT2D eigenvalue weighted by Gasteiger charge is 2.67. The Morgan fingerprint density at radius 3 is 2.24 bits per heavy atom. The number of para-hydroxylation sites is 1. The number of carbonyl (C=O) groups excluding carboxylic acids is 3. The van der Waals surface area contributed by atoms with E-state index in [-0.39, 0.29) is 6.42 Å². The van der Waals surface area contributed by atoms with Crippen LogP contribution >= 0.6 is 0 Å². The lowest BCUT2D eigenvalue weighted by molar-refractivity contribution is -0.145. The van der Waals surface area contributed by atoms with Gasteiger partial charge >= 0.3 is 18.2 Å².